The first-order valence-electron chi connectivity index (χ1n) is 7.86. The van der Waals surface area contributed by atoms with Crippen molar-refractivity contribution in [2.75, 3.05) is 5.32 Å². The average molecular weight is 333 g/mol. The number of hydrogen-bond acceptors (Lipinski definition) is 4. The summed E-state index contributed by atoms with van der Waals surface area (Å²) in [5.74, 6) is -0.433. The lowest BCUT2D eigenvalue weighted by Crippen LogP contribution is -2.13. The van der Waals surface area contributed by atoms with E-state index in [0.29, 0.717) is 23.5 Å². The van der Waals surface area contributed by atoms with E-state index < -0.39 is 5.91 Å². The zero-order valence-electron chi connectivity index (χ0n) is 13.5. The summed E-state index contributed by atoms with van der Waals surface area (Å²) >= 11 is 0. The first-order valence-corrected chi connectivity index (χ1v) is 7.86. The Bertz CT molecular complexity index is 974. The summed E-state index contributed by atoms with van der Waals surface area (Å²) in [5.41, 5.74) is 4.65. The Hall–Kier alpha value is -3.41. The lowest BCUT2D eigenvalue weighted by molar-refractivity contribution is 0.0962. The molecule has 4 rings (SSSR count). The van der Waals surface area contributed by atoms with E-state index in [4.69, 9.17) is 4.52 Å². The van der Waals surface area contributed by atoms with Gasteiger partial charge in [0.15, 0.2) is 0 Å². The molecule has 1 aliphatic heterocycles. The largest absolute Gasteiger partial charge is 0.350 e. The van der Waals surface area contributed by atoms with Crippen LogP contribution in [0.15, 0.2) is 53.1 Å². The third-order valence-corrected chi connectivity index (χ3v) is 4.13. The Labute approximate surface area is 143 Å². The number of nitrogens with zero attached hydrogens (tertiary/aromatic N) is 1. The Morgan fingerprint density at radius 3 is 2.76 bits per heavy atom. The number of aromatic nitrogens is 1. The molecule has 0 spiro atoms. The third-order valence-electron chi connectivity index (χ3n) is 4.13. The molecule has 1 aromatic heterocycles. The minimum atomic E-state index is -0.413. The Morgan fingerprint density at radius 1 is 1.16 bits per heavy atom. The molecule has 2 N–H and O–H groups in total. The zero-order chi connectivity index (χ0) is 17.4. The van der Waals surface area contributed by atoms with Crippen LogP contribution < -0.4 is 10.6 Å². The Kier molecular flexibility index (Phi) is 3.57. The predicted octanol–water partition coefficient (Wildman–Crippen LogP) is 3.15. The highest BCUT2D eigenvalue weighted by Crippen LogP contribution is 2.22. The van der Waals surface area contributed by atoms with Crippen molar-refractivity contribution >= 4 is 17.5 Å². The zero-order valence-corrected chi connectivity index (χ0v) is 13.5. The number of anilines is 1. The van der Waals surface area contributed by atoms with Crippen molar-refractivity contribution in [2.24, 2.45) is 0 Å². The van der Waals surface area contributed by atoms with Crippen LogP contribution in [0.25, 0.3) is 11.3 Å². The van der Waals surface area contributed by atoms with Gasteiger partial charge in [-0.3, -0.25) is 9.59 Å². The maximum absolute atomic E-state index is 12.3. The Morgan fingerprint density at radius 2 is 1.96 bits per heavy atom. The van der Waals surface area contributed by atoms with Gasteiger partial charge >= 0.3 is 0 Å². The maximum Gasteiger partial charge on any atom is 0.294 e. The molecule has 0 atom stereocenters. The van der Waals surface area contributed by atoms with Gasteiger partial charge in [0, 0.05) is 29.4 Å². The molecule has 1 aliphatic rings. The van der Waals surface area contributed by atoms with Crippen molar-refractivity contribution in [3.8, 4) is 11.3 Å². The third kappa shape index (κ3) is 2.89. The van der Waals surface area contributed by atoms with Crippen LogP contribution in [0.1, 0.15) is 32.0 Å². The van der Waals surface area contributed by atoms with Crippen molar-refractivity contribution in [2.45, 2.75) is 13.5 Å². The minimum absolute atomic E-state index is 0.112. The number of fused-ring (bicyclic) bond motifs is 1. The first kappa shape index (κ1) is 15.1. The molecular weight excluding hydrogens is 318 g/mol. The molecule has 6 heteroatoms. The SMILES string of the molecule is Cc1ccc(-c2cc(C(=O)Nc3ccc4c(c3)C(=O)NC4)on2)cc1. The van der Waals surface area contributed by atoms with Crippen molar-refractivity contribution in [1.29, 1.82) is 0 Å². The summed E-state index contributed by atoms with van der Waals surface area (Å²) in [5, 5.41) is 9.42. The topological polar surface area (TPSA) is 84.2 Å². The highest BCUT2D eigenvalue weighted by molar-refractivity contribution is 6.04. The molecule has 2 aromatic carbocycles. The molecule has 0 radical (unpaired) electrons. The lowest BCUT2D eigenvalue weighted by Gasteiger charge is -2.04. The summed E-state index contributed by atoms with van der Waals surface area (Å²) in [6.07, 6.45) is 0. The highest BCUT2D eigenvalue weighted by atomic mass is 16.5. The van der Waals surface area contributed by atoms with Crippen LogP contribution in [0.2, 0.25) is 0 Å². The van der Waals surface area contributed by atoms with E-state index in [1.165, 1.54) is 0 Å². The quantitative estimate of drug-likeness (QED) is 0.771. The van der Waals surface area contributed by atoms with Crippen molar-refractivity contribution in [3.05, 3.63) is 71.0 Å². The monoisotopic (exact) mass is 333 g/mol. The molecule has 0 aliphatic carbocycles. The van der Waals surface area contributed by atoms with E-state index in [1.54, 1.807) is 18.2 Å². The fourth-order valence-electron chi connectivity index (χ4n) is 2.73. The van der Waals surface area contributed by atoms with Gasteiger partial charge in [-0.15, -0.1) is 0 Å². The number of carbonyl (C=O) groups is 2. The lowest BCUT2D eigenvalue weighted by atomic mass is 10.1. The molecule has 0 bridgehead atoms. The minimum Gasteiger partial charge on any atom is -0.350 e. The van der Waals surface area contributed by atoms with Gasteiger partial charge in [0.1, 0.15) is 5.69 Å². The van der Waals surface area contributed by atoms with Gasteiger partial charge in [-0.2, -0.15) is 0 Å². The summed E-state index contributed by atoms with van der Waals surface area (Å²) in [4.78, 5) is 24.1. The van der Waals surface area contributed by atoms with Crippen molar-refractivity contribution in [1.82, 2.24) is 10.5 Å². The van der Waals surface area contributed by atoms with Crippen LogP contribution in [0.3, 0.4) is 0 Å². The number of amides is 2. The number of aryl methyl sites for hydroxylation is 1. The molecule has 124 valence electrons. The van der Waals surface area contributed by atoms with Gasteiger partial charge in [-0.25, -0.2) is 0 Å². The van der Waals surface area contributed by atoms with Crippen LogP contribution in [0.4, 0.5) is 5.69 Å². The second kappa shape index (κ2) is 5.90. The number of carbonyl (C=O) groups excluding carboxylic acids is 2. The molecule has 0 saturated heterocycles. The van der Waals surface area contributed by atoms with E-state index in [0.717, 1.165) is 16.7 Å². The van der Waals surface area contributed by atoms with Crippen LogP contribution in [0.5, 0.6) is 0 Å². The van der Waals surface area contributed by atoms with Gasteiger partial charge in [-0.1, -0.05) is 41.1 Å². The van der Waals surface area contributed by atoms with Gasteiger partial charge in [0.05, 0.1) is 0 Å². The van der Waals surface area contributed by atoms with E-state index in [9.17, 15) is 9.59 Å². The van der Waals surface area contributed by atoms with E-state index in [1.807, 2.05) is 37.3 Å². The van der Waals surface area contributed by atoms with Crippen LogP contribution in [0, 0.1) is 6.92 Å². The number of hydrogen-bond donors (Lipinski definition) is 2. The van der Waals surface area contributed by atoms with Crippen molar-refractivity contribution < 1.29 is 14.1 Å². The summed E-state index contributed by atoms with van der Waals surface area (Å²) in [6.45, 7) is 2.52. The standard InChI is InChI=1S/C19H15N3O3/c1-11-2-4-12(5-3-11)16-9-17(25-22-16)19(24)21-14-7-6-13-10-20-18(23)15(13)8-14/h2-9H,10H2,1H3,(H,20,23)(H,21,24). The molecule has 0 fully saturated rings. The van der Waals surface area contributed by atoms with Gasteiger partial charge in [0.2, 0.25) is 5.76 Å². The van der Waals surface area contributed by atoms with E-state index in [-0.39, 0.29) is 11.7 Å². The normalized spacial score (nSPS) is 12.6. The second-order valence-corrected chi connectivity index (χ2v) is 5.95. The predicted molar refractivity (Wildman–Crippen MR) is 92.2 cm³/mol. The first-order chi connectivity index (χ1) is 12.1. The van der Waals surface area contributed by atoms with Gasteiger partial charge in [0.25, 0.3) is 11.8 Å². The summed E-state index contributed by atoms with van der Waals surface area (Å²) in [7, 11) is 0. The number of nitrogens with one attached hydrogen (secondary N) is 2. The molecular formula is C19H15N3O3. The van der Waals surface area contributed by atoms with Gasteiger partial charge in [-0.05, 0) is 24.6 Å². The molecule has 0 saturated carbocycles. The molecule has 2 amide bonds. The van der Waals surface area contributed by atoms with Crippen molar-refractivity contribution in [3.63, 3.8) is 0 Å². The number of benzene rings is 2. The second-order valence-electron chi connectivity index (χ2n) is 5.95. The highest BCUT2D eigenvalue weighted by Gasteiger charge is 2.20. The molecule has 25 heavy (non-hydrogen) atoms. The molecule has 6 nitrogen and oxygen atoms in total. The van der Waals surface area contributed by atoms with E-state index >= 15 is 0 Å². The smallest absolute Gasteiger partial charge is 0.294 e. The van der Waals surface area contributed by atoms with Gasteiger partial charge < -0.3 is 15.2 Å². The maximum atomic E-state index is 12.3. The fraction of sp³-hybridized carbons (Fsp3) is 0.105. The van der Waals surface area contributed by atoms with E-state index in [2.05, 4.69) is 15.8 Å². The fourth-order valence-corrected chi connectivity index (χ4v) is 2.73. The van der Waals surface area contributed by atoms with Crippen LogP contribution in [-0.2, 0) is 6.54 Å². The average Bonchev–Trinajstić information content (AvgIpc) is 3.24. The molecule has 3 aromatic rings. The van der Waals surface area contributed by atoms with Crippen LogP contribution in [-0.4, -0.2) is 17.0 Å². The molecule has 2 heterocycles. The summed E-state index contributed by atoms with van der Waals surface area (Å²) < 4.78 is 5.16. The number of rotatable bonds is 3. The molecule has 0 unspecified atom stereocenters. The van der Waals surface area contributed by atoms with Crippen LogP contribution >= 0.6 is 0 Å². The Balaban J connectivity index is 1.53. The summed E-state index contributed by atoms with van der Waals surface area (Å²) in [6, 6.07) is 14.6.